The highest BCUT2D eigenvalue weighted by Gasteiger charge is 2.80. The Bertz CT molecular complexity index is 994. The van der Waals surface area contributed by atoms with E-state index in [4.69, 9.17) is 23.4 Å². The molecule has 2 saturated heterocycles. The molecule has 2 saturated carbocycles. The summed E-state index contributed by atoms with van der Waals surface area (Å²) >= 11 is 0. The SMILES string of the molecule is CC(=O)OC[C@@]12C(=O)[C@@H](OC(C)=O)[C@@H](C)[C@]3(C[C@@H](c4ccoc4)OC3=O)[C@H]1CCC[C@]21CO1. The molecule has 4 fully saturated rings. The van der Waals surface area contributed by atoms with E-state index >= 15 is 0 Å². The quantitative estimate of drug-likeness (QED) is 0.379. The standard InChI is InChI=1S/C24H28O9/c1-13-19(32-15(3)26)20(27)24(12-30-14(2)25)18(5-4-7-22(24)11-31-22)23(13)9-17(33-21(23)28)16-6-8-29-10-16/h6,8,10,13,17-19H,4-5,7,9,11-12H2,1-3H3/t13-,17+,18-,19+,22+,23-,24+/m1/s1. The van der Waals surface area contributed by atoms with Gasteiger partial charge in [0.25, 0.3) is 0 Å². The van der Waals surface area contributed by atoms with Gasteiger partial charge in [0, 0.05) is 31.7 Å². The van der Waals surface area contributed by atoms with Crippen LogP contribution in [0.5, 0.6) is 0 Å². The summed E-state index contributed by atoms with van der Waals surface area (Å²) in [5.41, 5.74) is -2.53. The lowest BCUT2D eigenvalue weighted by atomic mass is 9.42. The van der Waals surface area contributed by atoms with E-state index < -0.39 is 58.4 Å². The Kier molecular flexibility index (Phi) is 4.97. The fourth-order valence-electron chi connectivity index (χ4n) is 6.85. The molecular weight excluding hydrogens is 432 g/mol. The van der Waals surface area contributed by atoms with Crippen LogP contribution in [0.3, 0.4) is 0 Å². The van der Waals surface area contributed by atoms with Crippen LogP contribution >= 0.6 is 0 Å². The van der Waals surface area contributed by atoms with Gasteiger partial charge in [-0.15, -0.1) is 0 Å². The van der Waals surface area contributed by atoms with Crippen LogP contribution in [0.15, 0.2) is 23.0 Å². The molecule has 33 heavy (non-hydrogen) atoms. The minimum atomic E-state index is -1.30. The van der Waals surface area contributed by atoms with E-state index in [9.17, 15) is 19.2 Å². The lowest BCUT2D eigenvalue weighted by molar-refractivity contribution is -0.209. The lowest BCUT2D eigenvalue weighted by Gasteiger charge is -2.59. The van der Waals surface area contributed by atoms with Crippen molar-refractivity contribution in [1.29, 1.82) is 0 Å². The highest BCUT2D eigenvalue weighted by molar-refractivity contribution is 5.97. The molecule has 1 aromatic heterocycles. The van der Waals surface area contributed by atoms with Crippen LogP contribution in [0.2, 0.25) is 0 Å². The van der Waals surface area contributed by atoms with Crippen LogP contribution in [-0.4, -0.2) is 48.6 Å². The summed E-state index contributed by atoms with van der Waals surface area (Å²) in [6.45, 7) is 4.40. The zero-order chi connectivity index (χ0) is 23.6. The predicted octanol–water partition coefficient (Wildman–Crippen LogP) is 2.52. The van der Waals surface area contributed by atoms with Gasteiger partial charge in [0.2, 0.25) is 0 Å². The van der Waals surface area contributed by atoms with Gasteiger partial charge in [-0.2, -0.15) is 0 Å². The summed E-state index contributed by atoms with van der Waals surface area (Å²) in [5.74, 6) is -3.02. The highest BCUT2D eigenvalue weighted by atomic mass is 16.6. The molecule has 3 heterocycles. The monoisotopic (exact) mass is 460 g/mol. The molecule has 5 rings (SSSR count). The number of ether oxygens (including phenoxy) is 4. The average Bonchev–Trinajstić information content (AvgIpc) is 3.19. The van der Waals surface area contributed by atoms with Gasteiger partial charge in [-0.05, 0) is 24.8 Å². The second-order valence-electron chi connectivity index (χ2n) is 9.86. The first-order valence-electron chi connectivity index (χ1n) is 11.4. The Morgan fingerprint density at radius 1 is 1.21 bits per heavy atom. The van der Waals surface area contributed by atoms with E-state index in [-0.39, 0.29) is 12.4 Å². The van der Waals surface area contributed by atoms with Gasteiger partial charge in [0.15, 0.2) is 11.9 Å². The predicted molar refractivity (Wildman–Crippen MR) is 109 cm³/mol. The molecule has 2 aliphatic heterocycles. The summed E-state index contributed by atoms with van der Waals surface area (Å²) in [6, 6.07) is 1.75. The van der Waals surface area contributed by atoms with Gasteiger partial charge in [-0.25, -0.2) is 0 Å². The molecule has 1 aromatic rings. The minimum absolute atomic E-state index is 0.221. The Labute approximate surface area is 191 Å². The maximum Gasteiger partial charge on any atom is 0.313 e. The van der Waals surface area contributed by atoms with Crippen molar-refractivity contribution in [3.8, 4) is 0 Å². The summed E-state index contributed by atoms with van der Waals surface area (Å²) in [4.78, 5) is 51.7. The second kappa shape index (κ2) is 7.41. The molecule has 2 aliphatic carbocycles. The number of hydrogen-bond acceptors (Lipinski definition) is 9. The third-order valence-electron chi connectivity index (χ3n) is 8.42. The summed E-state index contributed by atoms with van der Waals surface area (Å²) in [5, 5.41) is 0. The van der Waals surface area contributed by atoms with Crippen molar-refractivity contribution in [2.75, 3.05) is 13.2 Å². The van der Waals surface area contributed by atoms with Crippen molar-refractivity contribution in [3.63, 3.8) is 0 Å². The molecule has 0 unspecified atom stereocenters. The number of carbonyl (C=O) groups excluding carboxylic acids is 4. The number of rotatable bonds is 4. The van der Waals surface area contributed by atoms with E-state index in [1.165, 1.54) is 26.4 Å². The smallest absolute Gasteiger partial charge is 0.313 e. The van der Waals surface area contributed by atoms with Crippen molar-refractivity contribution in [1.82, 2.24) is 0 Å². The van der Waals surface area contributed by atoms with Crippen molar-refractivity contribution in [2.24, 2.45) is 22.7 Å². The molecule has 0 N–H and O–H groups in total. The molecule has 9 nitrogen and oxygen atoms in total. The number of esters is 3. The minimum Gasteiger partial charge on any atom is -0.472 e. The fourth-order valence-corrected chi connectivity index (χ4v) is 6.85. The number of fused-ring (bicyclic) bond motifs is 3. The van der Waals surface area contributed by atoms with E-state index in [1.807, 2.05) is 0 Å². The van der Waals surface area contributed by atoms with Gasteiger partial charge < -0.3 is 23.4 Å². The van der Waals surface area contributed by atoms with Crippen molar-refractivity contribution < 1.29 is 42.5 Å². The zero-order valence-electron chi connectivity index (χ0n) is 19.0. The number of carbonyl (C=O) groups is 4. The molecular formula is C24H28O9. The zero-order valence-corrected chi connectivity index (χ0v) is 19.0. The first kappa shape index (κ1) is 22.1. The van der Waals surface area contributed by atoms with Crippen LogP contribution in [0.4, 0.5) is 0 Å². The molecule has 0 aromatic carbocycles. The second-order valence-corrected chi connectivity index (χ2v) is 9.86. The lowest BCUT2D eigenvalue weighted by Crippen LogP contribution is -2.71. The number of Topliss-reactive ketones (excluding diaryl/α,β-unsaturated/α-hetero) is 1. The number of furan rings is 1. The number of cyclic esters (lactones) is 1. The van der Waals surface area contributed by atoms with Crippen LogP contribution in [-0.2, 0) is 38.1 Å². The van der Waals surface area contributed by atoms with Crippen LogP contribution in [0.25, 0.3) is 0 Å². The van der Waals surface area contributed by atoms with Crippen molar-refractivity contribution in [3.05, 3.63) is 24.2 Å². The van der Waals surface area contributed by atoms with E-state index in [0.717, 1.165) is 12.0 Å². The third kappa shape index (κ3) is 2.94. The Hall–Kier alpha value is -2.68. The third-order valence-corrected chi connectivity index (χ3v) is 8.42. The number of hydrogen-bond donors (Lipinski definition) is 0. The van der Waals surface area contributed by atoms with Crippen molar-refractivity contribution >= 4 is 23.7 Å². The molecule has 0 amide bonds. The number of epoxide rings is 1. The van der Waals surface area contributed by atoms with Crippen LogP contribution < -0.4 is 0 Å². The first-order valence-corrected chi connectivity index (χ1v) is 11.4. The first-order chi connectivity index (χ1) is 15.7. The molecule has 178 valence electrons. The fraction of sp³-hybridized carbons (Fsp3) is 0.667. The average molecular weight is 460 g/mol. The van der Waals surface area contributed by atoms with Crippen LogP contribution in [0.1, 0.15) is 58.1 Å². The Balaban J connectivity index is 1.67. The number of ketones is 1. The summed E-state index contributed by atoms with van der Waals surface area (Å²) < 4.78 is 28.0. The molecule has 9 heteroatoms. The van der Waals surface area contributed by atoms with E-state index in [1.54, 1.807) is 13.0 Å². The molecule has 0 bridgehead atoms. The topological polar surface area (TPSA) is 122 Å². The van der Waals surface area contributed by atoms with Gasteiger partial charge in [0.1, 0.15) is 23.7 Å². The Morgan fingerprint density at radius 2 is 1.97 bits per heavy atom. The maximum absolute atomic E-state index is 14.1. The van der Waals surface area contributed by atoms with E-state index in [2.05, 4.69) is 0 Å². The summed E-state index contributed by atoms with van der Waals surface area (Å²) in [7, 11) is 0. The molecule has 2 spiro atoms. The highest BCUT2D eigenvalue weighted by Crippen LogP contribution is 2.70. The Morgan fingerprint density at radius 3 is 2.58 bits per heavy atom. The van der Waals surface area contributed by atoms with Gasteiger partial charge in [0.05, 0.1) is 24.5 Å². The van der Waals surface area contributed by atoms with Crippen molar-refractivity contribution in [2.45, 2.75) is 64.3 Å². The van der Waals surface area contributed by atoms with Gasteiger partial charge in [-0.3, -0.25) is 19.2 Å². The maximum atomic E-state index is 14.1. The normalized spacial score (nSPS) is 41.5. The van der Waals surface area contributed by atoms with Crippen LogP contribution in [0, 0.1) is 22.7 Å². The van der Waals surface area contributed by atoms with Gasteiger partial charge in [-0.1, -0.05) is 13.3 Å². The van der Waals surface area contributed by atoms with E-state index in [0.29, 0.717) is 25.9 Å². The molecule has 7 atom stereocenters. The molecule has 4 aliphatic rings. The van der Waals surface area contributed by atoms with Gasteiger partial charge >= 0.3 is 17.9 Å². The molecule has 0 radical (unpaired) electrons. The summed E-state index contributed by atoms with van der Waals surface area (Å²) in [6.07, 6.45) is 3.57. The largest absolute Gasteiger partial charge is 0.472 e.